The van der Waals surface area contributed by atoms with Gasteiger partial charge in [0.1, 0.15) is 0 Å². The van der Waals surface area contributed by atoms with Gasteiger partial charge in [-0.2, -0.15) is 0 Å². The van der Waals surface area contributed by atoms with Gasteiger partial charge in [0, 0.05) is 4.88 Å². The first-order valence-electron chi connectivity index (χ1n) is 5.89. The number of carbonyl (C=O) groups excluding carboxylic acids is 1. The molecular formula is C12H15N5OS. The van der Waals surface area contributed by atoms with E-state index in [0.717, 1.165) is 11.3 Å². The van der Waals surface area contributed by atoms with Gasteiger partial charge in [-0.15, -0.1) is 21.5 Å². The van der Waals surface area contributed by atoms with Crippen LogP contribution in [0, 0.1) is 0 Å². The number of rotatable bonds is 5. The fraction of sp³-hybridized carbons (Fsp3) is 0.250. The Kier molecular flexibility index (Phi) is 4.43. The van der Waals surface area contributed by atoms with Crippen molar-refractivity contribution in [1.29, 1.82) is 0 Å². The molecule has 2 heterocycles. The molecule has 0 saturated carbocycles. The van der Waals surface area contributed by atoms with E-state index in [0.29, 0.717) is 5.82 Å². The van der Waals surface area contributed by atoms with Crippen LogP contribution in [0.4, 0.5) is 5.82 Å². The number of nitrogens with one attached hydrogen (secondary N) is 2. The number of amides is 1. The fourth-order valence-electron chi connectivity index (χ4n) is 1.63. The summed E-state index contributed by atoms with van der Waals surface area (Å²) in [6.07, 6.45) is 0.822. The molecule has 0 spiro atoms. The lowest BCUT2D eigenvalue weighted by Gasteiger charge is -2.14. The van der Waals surface area contributed by atoms with Gasteiger partial charge in [0.2, 0.25) is 0 Å². The Balaban J connectivity index is 2.06. The molecule has 0 bridgehead atoms. The lowest BCUT2D eigenvalue weighted by atomic mass is 10.2. The van der Waals surface area contributed by atoms with E-state index in [2.05, 4.69) is 20.9 Å². The van der Waals surface area contributed by atoms with Crippen molar-refractivity contribution < 1.29 is 4.79 Å². The number of anilines is 1. The van der Waals surface area contributed by atoms with Crippen molar-refractivity contribution in [2.75, 3.05) is 5.43 Å². The number of hydrogen-bond acceptors (Lipinski definition) is 6. The Morgan fingerprint density at radius 2 is 2.26 bits per heavy atom. The van der Waals surface area contributed by atoms with Gasteiger partial charge in [0.05, 0.1) is 6.04 Å². The van der Waals surface area contributed by atoms with Crippen LogP contribution < -0.4 is 16.6 Å². The summed E-state index contributed by atoms with van der Waals surface area (Å²) in [7, 11) is 0. The van der Waals surface area contributed by atoms with Crippen molar-refractivity contribution in [1.82, 2.24) is 15.5 Å². The third-order valence-corrected chi connectivity index (χ3v) is 3.63. The Labute approximate surface area is 115 Å². The van der Waals surface area contributed by atoms with Crippen LogP contribution in [0.1, 0.15) is 34.8 Å². The molecule has 0 aliphatic heterocycles. The molecular weight excluding hydrogens is 262 g/mol. The molecule has 0 aliphatic rings. The molecule has 0 saturated heterocycles. The molecule has 1 unspecified atom stereocenters. The molecule has 0 radical (unpaired) electrons. The second kappa shape index (κ2) is 6.26. The average molecular weight is 277 g/mol. The number of carbonyl (C=O) groups is 1. The van der Waals surface area contributed by atoms with Crippen LogP contribution in [0.2, 0.25) is 0 Å². The summed E-state index contributed by atoms with van der Waals surface area (Å²) in [5, 5.41) is 12.5. The maximum absolute atomic E-state index is 12.0. The van der Waals surface area contributed by atoms with E-state index in [4.69, 9.17) is 5.84 Å². The van der Waals surface area contributed by atoms with Gasteiger partial charge in [0.25, 0.3) is 5.91 Å². The average Bonchev–Trinajstić information content (AvgIpc) is 2.98. The molecule has 0 aromatic carbocycles. The molecule has 1 amide bonds. The van der Waals surface area contributed by atoms with Crippen LogP contribution in [0.5, 0.6) is 0 Å². The van der Waals surface area contributed by atoms with Crippen molar-refractivity contribution in [2.45, 2.75) is 19.4 Å². The Morgan fingerprint density at radius 1 is 1.42 bits per heavy atom. The summed E-state index contributed by atoms with van der Waals surface area (Å²) in [5.41, 5.74) is 2.64. The zero-order chi connectivity index (χ0) is 13.7. The summed E-state index contributed by atoms with van der Waals surface area (Å²) in [6.45, 7) is 2.03. The number of nitrogen functional groups attached to an aromatic ring is 1. The maximum atomic E-state index is 12.0. The van der Waals surface area contributed by atoms with Crippen LogP contribution in [0.25, 0.3) is 0 Å². The van der Waals surface area contributed by atoms with Gasteiger partial charge in [0.15, 0.2) is 11.5 Å². The van der Waals surface area contributed by atoms with E-state index in [9.17, 15) is 4.79 Å². The van der Waals surface area contributed by atoms with Gasteiger partial charge in [-0.25, -0.2) is 5.84 Å². The largest absolute Gasteiger partial charge is 0.343 e. The van der Waals surface area contributed by atoms with Crippen LogP contribution in [0.15, 0.2) is 29.6 Å². The van der Waals surface area contributed by atoms with Crippen LogP contribution in [-0.4, -0.2) is 16.1 Å². The third-order valence-electron chi connectivity index (χ3n) is 2.65. The highest BCUT2D eigenvalue weighted by Crippen LogP contribution is 2.21. The smallest absolute Gasteiger partial charge is 0.272 e. The second-order valence-electron chi connectivity index (χ2n) is 3.90. The highest BCUT2D eigenvalue weighted by atomic mass is 32.1. The van der Waals surface area contributed by atoms with Crippen molar-refractivity contribution in [3.05, 3.63) is 40.2 Å². The predicted octanol–water partition coefficient (Wildman–Crippen LogP) is 1.70. The summed E-state index contributed by atoms with van der Waals surface area (Å²) in [6, 6.07) is 7.16. The number of nitrogens with two attached hydrogens (primary N) is 1. The lowest BCUT2D eigenvalue weighted by Crippen LogP contribution is -2.28. The number of hydrazine groups is 1. The summed E-state index contributed by atoms with van der Waals surface area (Å²) in [5.74, 6) is 5.37. The number of nitrogens with zero attached hydrogens (tertiary/aromatic N) is 2. The molecule has 19 heavy (non-hydrogen) atoms. The van der Waals surface area contributed by atoms with Crippen LogP contribution >= 0.6 is 11.3 Å². The van der Waals surface area contributed by atoms with Gasteiger partial charge >= 0.3 is 0 Å². The van der Waals surface area contributed by atoms with Gasteiger partial charge in [-0.05, 0) is 30.0 Å². The zero-order valence-corrected chi connectivity index (χ0v) is 11.3. The van der Waals surface area contributed by atoms with E-state index in [1.807, 2.05) is 24.4 Å². The van der Waals surface area contributed by atoms with Gasteiger partial charge < -0.3 is 10.7 Å². The van der Waals surface area contributed by atoms with E-state index in [1.165, 1.54) is 0 Å². The fourth-order valence-corrected chi connectivity index (χ4v) is 2.49. The van der Waals surface area contributed by atoms with E-state index >= 15 is 0 Å². The summed E-state index contributed by atoms with van der Waals surface area (Å²) < 4.78 is 0. The molecule has 6 nitrogen and oxygen atoms in total. The quantitative estimate of drug-likeness (QED) is 0.571. The molecule has 2 aromatic rings. The third kappa shape index (κ3) is 3.27. The second-order valence-corrected chi connectivity index (χ2v) is 4.88. The summed E-state index contributed by atoms with van der Waals surface area (Å²) in [4.78, 5) is 13.2. The maximum Gasteiger partial charge on any atom is 0.272 e. The lowest BCUT2D eigenvalue weighted by molar-refractivity contribution is 0.0930. The normalized spacial score (nSPS) is 11.9. The van der Waals surface area contributed by atoms with E-state index < -0.39 is 0 Å². The van der Waals surface area contributed by atoms with Crippen molar-refractivity contribution in [2.24, 2.45) is 5.84 Å². The molecule has 2 aromatic heterocycles. The van der Waals surface area contributed by atoms with Crippen LogP contribution in [-0.2, 0) is 0 Å². The minimum Gasteiger partial charge on any atom is -0.343 e. The SMILES string of the molecule is CCC(NC(=O)c1ccc(NN)nn1)c1cccs1. The zero-order valence-electron chi connectivity index (χ0n) is 10.5. The molecule has 1 atom stereocenters. The van der Waals surface area contributed by atoms with Crippen molar-refractivity contribution in [3.8, 4) is 0 Å². The highest BCUT2D eigenvalue weighted by molar-refractivity contribution is 7.10. The Hall–Kier alpha value is -1.99. The van der Waals surface area contributed by atoms with Gasteiger partial charge in [-0.3, -0.25) is 4.79 Å². The van der Waals surface area contributed by atoms with Crippen molar-refractivity contribution >= 4 is 23.1 Å². The minimum atomic E-state index is -0.240. The monoisotopic (exact) mass is 277 g/mol. The highest BCUT2D eigenvalue weighted by Gasteiger charge is 2.16. The van der Waals surface area contributed by atoms with Crippen LogP contribution in [0.3, 0.4) is 0 Å². The van der Waals surface area contributed by atoms with Gasteiger partial charge in [-0.1, -0.05) is 13.0 Å². The number of aromatic nitrogens is 2. The number of hydrogen-bond donors (Lipinski definition) is 3. The van der Waals surface area contributed by atoms with E-state index in [1.54, 1.807) is 23.5 Å². The molecule has 0 fully saturated rings. The first-order chi connectivity index (χ1) is 9.24. The Morgan fingerprint density at radius 3 is 2.79 bits per heavy atom. The van der Waals surface area contributed by atoms with E-state index in [-0.39, 0.29) is 17.6 Å². The summed E-state index contributed by atoms with van der Waals surface area (Å²) >= 11 is 1.62. The predicted molar refractivity (Wildman–Crippen MR) is 74.7 cm³/mol. The standard InChI is InChI=1S/C12H15N5OS/c1-2-8(10-4-3-7-19-10)14-12(18)9-5-6-11(15-13)17-16-9/h3-8H,2,13H2,1H3,(H,14,18)(H,15,17). The number of thiophene rings is 1. The molecule has 0 aliphatic carbocycles. The van der Waals surface area contributed by atoms with Crippen molar-refractivity contribution in [3.63, 3.8) is 0 Å². The minimum absolute atomic E-state index is 0.00149. The molecule has 4 N–H and O–H groups in total. The Bertz CT molecular complexity index is 526. The first kappa shape index (κ1) is 13.4. The first-order valence-corrected chi connectivity index (χ1v) is 6.77. The topological polar surface area (TPSA) is 92.9 Å². The molecule has 7 heteroatoms. The molecule has 2 rings (SSSR count). The molecule has 100 valence electrons.